The second-order valence-corrected chi connectivity index (χ2v) is 10.5. The smallest absolute Gasteiger partial charge is 0.303 e. The summed E-state index contributed by atoms with van der Waals surface area (Å²) in [6, 6.07) is 9.58. The van der Waals surface area contributed by atoms with Crippen LogP contribution in [0.3, 0.4) is 0 Å². The van der Waals surface area contributed by atoms with Gasteiger partial charge in [-0.25, -0.2) is 8.78 Å². The molecule has 0 amide bonds. The molecular weight excluding hydrogens is 533 g/mol. The molecule has 2 heterocycles. The number of carboxylic acids is 1. The number of ether oxygens (including phenoxy) is 1. The fourth-order valence-corrected chi connectivity index (χ4v) is 5.49. The SMILES string of the molecule is COc1ccc2ncc(Cl)c(C(F)CCC3(CC(=O)O)CCN(CC#Cc4ccc(F)c(Cl)c4)CC3)c2c1. The molecule has 2 aromatic carbocycles. The Hall–Kier alpha value is -2.92. The number of fused-ring (bicyclic) bond motifs is 1. The molecule has 9 heteroatoms. The van der Waals surface area contributed by atoms with E-state index >= 15 is 4.39 Å². The Labute approximate surface area is 230 Å². The van der Waals surface area contributed by atoms with E-state index in [2.05, 4.69) is 21.7 Å². The normalized spacial score (nSPS) is 16.0. The summed E-state index contributed by atoms with van der Waals surface area (Å²) in [4.78, 5) is 18.2. The van der Waals surface area contributed by atoms with Crippen LogP contribution < -0.4 is 4.74 Å². The van der Waals surface area contributed by atoms with Gasteiger partial charge in [0.2, 0.25) is 0 Å². The summed E-state index contributed by atoms with van der Waals surface area (Å²) < 4.78 is 34.3. The minimum Gasteiger partial charge on any atom is -0.497 e. The number of rotatable bonds is 8. The highest BCUT2D eigenvalue weighted by atomic mass is 35.5. The highest BCUT2D eigenvalue weighted by Crippen LogP contribution is 2.44. The molecule has 1 atom stereocenters. The summed E-state index contributed by atoms with van der Waals surface area (Å²) in [7, 11) is 1.54. The van der Waals surface area contributed by atoms with Crippen molar-refractivity contribution in [1.29, 1.82) is 0 Å². The van der Waals surface area contributed by atoms with Crippen molar-refractivity contribution in [3.63, 3.8) is 0 Å². The van der Waals surface area contributed by atoms with Gasteiger partial charge in [0.1, 0.15) is 17.7 Å². The molecule has 0 aliphatic carbocycles. The maximum absolute atomic E-state index is 15.7. The molecule has 3 aromatic rings. The molecule has 1 unspecified atom stereocenters. The molecule has 0 bridgehead atoms. The molecule has 1 aliphatic rings. The summed E-state index contributed by atoms with van der Waals surface area (Å²) >= 11 is 12.2. The third-order valence-corrected chi connectivity index (χ3v) is 7.80. The third kappa shape index (κ3) is 6.74. The van der Waals surface area contributed by atoms with Crippen molar-refractivity contribution in [2.24, 2.45) is 5.41 Å². The Morgan fingerprint density at radius 1 is 1.21 bits per heavy atom. The lowest BCUT2D eigenvalue weighted by molar-refractivity contribution is -0.141. The van der Waals surface area contributed by atoms with E-state index < -0.39 is 23.4 Å². The van der Waals surface area contributed by atoms with E-state index in [1.54, 1.807) is 24.3 Å². The number of carbonyl (C=O) groups is 1. The van der Waals surface area contributed by atoms with Crippen LogP contribution in [0.5, 0.6) is 5.75 Å². The average Bonchev–Trinajstić information content (AvgIpc) is 2.90. The lowest BCUT2D eigenvalue weighted by Crippen LogP contribution is -2.41. The summed E-state index contributed by atoms with van der Waals surface area (Å²) in [5.41, 5.74) is 1.08. The van der Waals surface area contributed by atoms with Gasteiger partial charge in [-0.1, -0.05) is 35.0 Å². The molecule has 1 fully saturated rings. The van der Waals surface area contributed by atoms with E-state index in [4.69, 9.17) is 27.9 Å². The van der Waals surface area contributed by atoms with Crippen LogP contribution in [0.4, 0.5) is 8.78 Å². The summed E-state index contributed by atoms with van der Waals surface area (Å²) in [6.07, 6.45) is 1.85. The molecule has 1 aliphatic heterocycles. The number of alkyl halides is 1. The number of benzene rings is 2. The maximum atomic E-state index is 15.7. The van der Waals surface area contributed by atoms with Gasteiger partial charge in [0, 0.05) is 22.7 Å². The van der Waals surface area contributed by atoms with Crippen LogP contribution in [0.1, 0.15) is 49.4 Å². The molecule has 5 nitrogen and oxygen atoms in total. The zero-order valence-corrected chi connectivity index (χ0v) is 22.5. The number of pyridine rings is 1. The first-order valence-corrected chi connectivity index (χ1v) is 13.1. The number of nitrogens with zero attached hydrogens (tertiary/aromatic N) is 2. The van der Waals surface area contributed by atoms with Gasteiger partial charge in [0.25, 0.3) is 0 Å². The van der Waals surface area contributed by atoms with Gasteiger partial charge in [0.15, 0.2) is 0 Å². The summed E-state index contributed by atoms with van der Waals surface area (Å²) in [5, 5.41) is 10.5. The predicted octanol–water partition coefficient (Wildman–Crippen LogP) is 7.09. The van der Waals surface area contributed by atoms with Gasteiger partial charge in [-0.15, -0.1) is 0 Å². The zero-order chi connectivity index (χ0) is 27.3. The molecule has 1 aromatic heterocycles. The van der Waals surface area contributed by atoms with Crippen molar-refractivity contribution >= 4 is 40.1 Å². The minimum atomic E-state index is -1.38. The second-order valence-electron chi connectivity index (χ2n) is 9.69. The highest BCUT2D eigenvalue weighted by molar-refractivity contribution is 6.32. The molecule has 1 N–H and O–H groups in total. The number of likely N-dealkylation sites (tertiary alicyclic amines) is 1. The van der Waals surface area contributed by atoms with Crippen molar-refractivity contribution in [2.75, 3.05) is 26.7 Å². The van der Waals surface area contributed by atoms with Crippen molar-refractivity contribution in [1.82, 2.24) is 9.88 Å². The van der Waals surface area contributed by atoms with Gasteiger partial charge < -0.3 is 9.84 Å². The predicted molar refractivity (Wildman–Crippen MR) is 145 cm³/mol. The first kappa shape index (κ1) is 28.1. The van der Waals surface area contributed by atoms with Crippen molar-refractivity contribution in [2.45, 2.75) is 38.3 Å². The summed E-state index contributed by atoms with van der Waals surface area (Å²) in [6.45, 7) is 1.79. The Morgan fingerprint density at radius 3 is 2.66 bits per heavy atom. The number of hydrogen-bond donors (Lipinski definition) is 1. The number of carboxylic acid groups (broad SMARTS) is 1. The number of aliphatic carboxylic acids is 1. The number of piperidine rings is 1. The fraction of sp³-hybridized carbons (Fsp3) is 0.379. The van der Waals surface area contributed by atoms with Crippen LogP contribution in [-0.4, -0.2) is 47.7 Å². The Kier molecular flexibility index (Phi) is 9.09. The standard InChI is InChI=1S/C29H28Cl2F2N2O3/c1-38-20-5-7-26-21(16-20)28(23(31)18-34-26)25(33)8-9-29(17-27(36)37)10-13-35(14-11-29)12-2-3-19-4-6-24(32)22(30)15-19/h4-7,15-16,18,25H,8-14,17H2,1H3,(H,36,37). The van der Waals surface area contributed by atoms with E-state index in [1.807, 2.05) is 0 Å². The van der Waals surface area contributed by atoms with Gasteiger partial charge in [-0.2, -0.15) is 0 Å². The maximum Gasteiger partial charge on any atom is 0.303 e. The molecule has 0 spiro atoms. The zero-order valence-electron chi connectivity index (χ0n) is 20.9. The van der Waals surface area contributed by atoms with E-state index in [-0.39, 0.29) is 22.9 Å². The van der Waals surface area contributed by atoms with E-state index in [0.717, 1.165) is 0 Å². The van der Waals surface area contributed by atoms with E-state index in [0.29, 0.717) is 66.7 Å². The second kappa shape index (κ2) is 12.3. The van der Waals surface area contributed by atoms with Crippen molar-refractivity contribution in [3.8, 4) is 17.6 Å². The number of halogens is 4. The molecule has 0 saturated carbocycles. The van der Waals surface area contributed by atoms with Crippen LogP contribution in [0.25, 0.3) is 10.9 Å². The monoisotopic (exact) mass is 560 g/mol. The quantitative estimate of drug-likeness (QED) is 0.298. The molecular formula is C29H28Cl2F2N2O3. The number of methoxy groups -OCH3 is 1. The van der Waals surface area contributed by atoms with Crippen molar-refractivity contribution < 1.29 is 23.4 Å². The Balaban J connectivity index is 1.42. The van der Waals surface area contributed by atoms with Gasteiger partial charge in [-0.05, 0) is 80.6 Å². The first-order valence-electron chi connectivity index (χ1n) is 12.3. The van der Waals surface area contributed by atoms with Crippen LogP contribution in [-0.2, 0) is 4.79 Å². The van der Waals surface area contributed by atoms with Gasteiger partial charge >= 0.3 is 5.97 Å². The fourth-order valence-electron chi connectivity index (χ4n) is 5.04. The highest BCUT2D eigenvalue weighted by Gasteiger charge is 2.37. The van der Waals surface area contributed by atoms with E-state index in [9.17, 15) is 14.3 Å². The molecule has 38 heavy (non-hydrogen) atoms. The van der Waals surface area contributed by atoms with Crippen LogP contribution >= 0.6 is 23.2 Å². The molecule has 0 radical (unpaired) electrons. The van der Waals surface area contributed by atoms with Crippen LogP contribution in [0.15, 0.2) is 42.6 Å². The van der Waals surface area contributed by atoms with Crippen LogP contribution in [0.2, 0.25) is 10.0 Å². The topological polar surface area (TPSA) is 62.7 Å². The first-order chi connectivity index (χ1) is 18.2. The van der Waals surface area contributed by atoms with Gasteiger partial charge in [-0.3, -0.25) is 14.7 Å². The Bertz CT molecular complexity index is 1380. The number of aromatic nitrogens is 1. The minimum absolute atomic E-state index is 0.0219. The molecule has 200 valence electrons. The largest absolute Gasteiger partial charge is 0.497 e. The Morgan fingerprint density at radius 2 is 1.97 bits per heavy atom. The van der Waals surface area contributed by atoms with Crippen LogP contribution in [0, 0.1) is 23.1 Å². The van der Waals surface area contributed by atoms with Crippen molar-refractivity contribution in [3.05, 3.63) is 69.6 Å². The molecule has 4 rings (SSSR count). The number of hydrogen-bond acceptors (Lipinski definition) is 4. The summed E-state index contributed by atoms with van der Waals surface area (Å²) in [5.74, 6) is 5.27. The average molecular weight is 561 g/mol. The third-order valence-electron chi connectivity index (χ3n) is 7.21. The molecule has 1 saturated heterocycles. The lowest BCUT2D eigenvalue weighted by atomic mass is 9.71. The van der Waals surface area contributed by atoms with Gasteiger partial charge in [0.05, 0.1) is 35.6 Å². The lowest BCUT2D eigenvalue weighted by Gasteiger charge is -2.41. The van der Waals surface area contributed by atoms with E-state index in [1.165, 1.54) is 25.4 Å².